The lowest BCUT2D eigenvalue weighted by atomic mass is 10.00. The van der Waals surface area contributed by atoms with Crippen molar-refractivity contribution in [2.24, 2.45) is 0 Å². The minimum atomic E-state index is -4.57. The van der Waals surface area contributed by atoms with Crippen LogP contribution in [0.5, 0.6) is 0 Å². The number of nitriles is 1. The van der Waals surface area contributed by atoms with Crippen LogP contribution < -0.4 is 15.5 Å². The second-order valence-electron chi connectivity index (χ2n) is 6.85. The van der Waals surface area contributed by atoms with E-state index in [1.54, 1.807) is 7.05 Å². The highest BCUT2D eigenvalue weighted by atomic mass is 19.4. The number of carbonyl (C=O) groups excluding carboxylic acids is 2. The molecule has 27 heavy (non-hydrogen) atoms. The maximum Gasteiger partial charge on any atom is 0.418 e. The number of benzene rings is 1. The Morgan fingerprint density at radius 3 is 2.37 bits per heavy atom. The predicted octanol–water partition coefficient (Wildman–Crippen LogP) is 1.11. The maximum absolute atomic E-state index is 13.0. The first-order valence-electron chi connectivity index (χ1n) is 8.65. The van der Waals surface area contributed by atoms with Crippen molar-refractivity contribution in [3.8, 4) is 6.07 Å². The number of rotatable bonds is 6. The normalized spacial score (nSPS) is 17.0. The average molecular weight is 383 g/mol. The van der Waals surface area contributed by atoms with Crippen molar-refractivity contribution in [1.82, 2.24) is 5.32 Å². The lowest BCUT2D eigenvalue weighted by Gasteiger charge is -2.23. The summed E-state index contributed by atoms with van der Waals surface area (Å²) in [5, 5.41) is 14.2. The Morgan fingerprint density at radius 2 is 1.78 bits per heavy atom. The van der Waals surface area contributed by atoms with Crippen LogP contribution >= 0.6 is 0 Å². The quantitative estimate of drug-likeness (QED) is 0.688. The van der Waals surface area contributed by atoms with Gasteiger partial charge in [0, 0.05) is 0 Å². The smallest absolute Gasteiger partial charge is 0.333 e. The molecule has 0 spiro atoms. The minimum Gasteiger partial charge on any atom is -0.333 e. The van der Waals surface area contributed by atoms with Crippen LogP contribution in [0.3, 0.4) is 0 Å². The number of likely N-dealkylation sites (N-methyl/N-ethyl adjacent to an activating group) is 1. The third-order valence-corrected chi connectivity index (χ3v) is 4.48. The summed E-state index contributed by atoms with van der Waals surface area (Å²) in [6.45, 7) is -0.239. The number of hydrogen-bond acceptors (Lipinski definition) is 3. The van der Waals surface area contributed by atoms with Gasteiger partial charge in [0.1, 0.15) is 5.54 Å². The Kier molecular flexibility index (Phi) is 6.44. The fraction of sp³-hybridized carbons (Fsp3) is 0.500. The van der Waals surface area contributed by atoms with Crippen LogP contribution in [0.1, 0.15) is 31.2 Å². The highest BCUT2D eigenvalue weighted by Gasteiger charge is 2.36. The van der Waals surface area contributed by atoms with Crippen LogP contribution in [0.15, 0.2) is 24.3 Å². The molecule has 1 aliphatic rings. The molecule has 6 nitrogen and oxygen atoms in total. The summed E-state index contributed by atoms with van der Waals surface area (Å²) in [5.74, 6) is -0.993. The van der Waals surface area contributed by atoms with Crippen molar-refractivity contribution in [2.45, 2.75) is 37.4 Å². The van der Waals surface area contributed by atoms with E-state index >= 15 is 0 Å². The number of para-hydroxylation sites is 1. The number of nitrogens with zero attached hydrogens (tertiary/aromatic N) is 1. The molecule has 0 radical (unpaired) electrons. The van der Waals surface area contributed by atoms with Gasteiger partial charge >= 0.3 is 6.18 Å². The van der Waals surface area contributed by atoms with E-state index in [1.807, 2.05) is 0 Å². The Morgan fingerprint density at radius 1 is 1.19 bits per heavy atom. The van der Waals surface area contributed by atoms with Crippen molar-refractivity contribution in [3.63, 3.8) is 0 Å². The third kappa shape index (κ3) is 5.69. The Balaban J connectivity index is 1.89. The van der Waals surface area contributed by atoms with Gasteiger partial charge in [0.05, 0.1) is 24.4 Å². The molecule has 1 saturated carbocycles. The molecule has 146 valence electrons. The van der Waals surface area contributed by atoms with E-state index in [4.69, 9.17) is 0 Å². The summed E-state index contributed by atoms with van der Waals surface area (Å²) in [6.07, 6.45) is -1.63. The monoisotopic (exact) mass is 383 g/mol. The predicted molar refractivity (Wildman–Crippen MR) is 91.6 cm³/mol. The SMILES string of the molecule is C[NH+](CC(=O)Nc1ccccc1C(F)(F)F)CC(=O)NC1(C#N)CCCC1. The van der Waals surface area contributed by atoms with Crippen LogP contribution in [0, 0.1) is 11.3 Å². The van der Waals surface area contributed by atoms with Gasteiger partial charge in [-0.1, -0.05) is 12.1 Å². The molecule has 1 atom stereocenters. The van der Waals surface area contributed by atoms with E-state index < -0.39 is 23.2 Å². The largest absolute Gasteiger partial charge is 0.418 e. The number of hydrogen-bond donors (Lipinski definition) is 3. The Labute approximate surface area is 155 Å². The number of alkyl halides is 3. The second-order valence-corrected chi connectivity index (χ2v) is 6.85. The van der Waals surface area contributed by atoms with Crippen molar-refractivity contribution >= 4 is 17.5 Å². The van der Waals surface area contributed by atoms with Gasteiger partial charge in [-0.25, -0.2) is 0 Å². The van der Waals surface area contributed by atoms with Crippen LogP contribution in [-0.4, -0.2) is 37.5 Å². The zero-order chi connectivity index (χ0) is 20.1. The van der Waals surface area contributed by atoms with Gasteiger partial charge in [-0.05, 0) is 37.8 Å². The maximum atomic E-state index is 13.0. The first-order valence-corrected chi connectivity index (χ1v) is 8.65. The topological polar surface area (TPSA) is 86.4 Å². The first-order chi connectivity index (χ1) is 12.6. The summed E-state index contributed by atoms with van der Waals surface area (Å²) >= 11 is 0. The number of nitrogens with one attached hydrogen (secondary N) is 3. The van der Waals surface area contributed by atoms with Crippen molar-refractivity contribution in [3.05, 3.63) is 29.8 Å². The number of quaternary nitrogens is 1. The van der Waals surface area contributed by atoms with E-state index in [-0.39, 0.29) is 24.7 Å². The Hall–Kier alpha value is -2.60. The van der Waals surface area contributed by atoms with E-state index in [2.05, 4.69) is 16.7 Å². The molecule has 0 bridgehead atoms. The molecule has 2 amide bonds. The van der Waals surface area contributed by atoms with E-state index in [0.717, 1.165) is 18.9 Å². The molecule has 1 fully saturated rings. The van der Waals surface area contributed by atoms with Crippen LogP contribution in [-0.2, 0) is 15.8 Å². The van der Waals surface area contributed by atoms with Crippen LogP contribution in [0.4, 0.5) is 18.9 Å². The molecule has 0 heterocycles. The first kappa shape index (κ1) is 20.7. The van der Waals surface area contributed by atoms with E-state index in [9.17, 15) is 28.0 Å². The molecular formula is C18H22F3N4O2+. The van der Waals surface area contributed by atoms with Gasteiger partial charge in [-0.15, -0.1) is 0 Å². The summed E-state index contributed by atoms with van der Waals surface area (Å²) in [5.41, 5.74) is -2.08. The van der Waals surface area contributed by atoms with Gasteiger partial charge in [0.25, 0.3) is 11.8 Å². The molecule has 1 aromatic rings. The highest BCUT2D eigenvalue weighted by molar-refractivity contribution is 5.92. The fourth-order valence-corrected chi connectivity index (χ4v) is 3.20. The molecule has 2 rings (SSSR count). The van der Waals surface area contributed by atoms with Gasteiger partial charge in [0.15, 0.2) is 13.1 Å². The zero-order valence-corrected chi connectivity index (χ0v) is 14.9. The van der Waals surface area contributed by atoms with Gasteiger partial charge in [-0.3, -0.25) is 9.59 Å². The van der Waals surface area contributed by atoms with Crippen molar-refractivity contribution < 1.29 is 27.7 Å². The second kappa shape index (κ2) is 8.39. The molecule has 0 aromatic heterocycles. The average Bonchev–Trinajstić information content (AvgIpc) is 3.02. The molecule has 3 N–H and O–H groups in total. The summed E-state index contributed by atoms with van der Waals surface area (Å²) < 4.78 is 38.9. The number of amides is 2. The molecule has 1 unspecified atom stereocenters. The number of halogens is 3. The van der Waals surface area contributed by atoms with Crippen molar-refractivity contribution in [2.75, 3.05) is 25.5 Å². The van der Waals surface area contributed by atoms with E-state index in [0.29, 0.717) is 17.7 Å². The van der Waals surface area contributed by atoms with Crippen LogP contribution in [0.25, 0.3) is 0 Å². The molecule has 1 aromatic carbocycles. The molecular weight excluding hydrogens is 361 g/mol. The van der Waals surface area contributed by atoms with Crippen molar-refractivity contribution in [1.29, 1.82) is 5.26 Å². The lowest BCUT2D eigenvalue weighted by molar-refractivity contribution is -0.862. The van der Waals surface area contributed by atoms with Gasteiger partial charge in [-0.2, -0.15) is 18.4 Å². The lowest BCUT2D eigenvalue weighted by Crippen LogP contribution is -3.11. The molecule has 0 aliphatic heterocycles. The Bertz CT molecular complexity index is 737. The minimum absolute atomic E-state index is 0.0578. The summed E-state index contributed by atoms with van der Waals surface area (Å²) in [4.78, 5) is 24.7. The third-order valence-electron chi connectivity index (χ3n) is 4.48. The van der Waals surface area contributed by atoms with Crippen LogP contribution in [0.2, 0.25) is 0 Å². The summed E-state index contributed by atoms with van der Waals surface area (Å²) in [6, 6.07) is 6.86. The molecule has 0 saturated heterocycles. The standard InChI is InChI=1S/C18H21F3N4O2/c1-25(11-16(27)24-17(12-22)8-4-5-9-17)10-15(26)23-14-7-3-2-6-13(14)18(19,20)21/h2-3,6-7H,4-5,8-11H2,1H3,(H,23,26)(H,24,27)/p+1. The van der Waals surface area contributed by atoms with Gasteiger partial charge in [0.2, 0.25) is 0 Å². The number of carbonyl (C=O) groups is 2. The van der Waals surface area contributed by atoms with E-state index in [1.165, 1.54) is 18.2 Å². The molecule has 1 aliphatic carbocycles. The summed E-state index contributed by atoms with van der Waals surface area (Å²) in [7, 11) is 1.59. The molecule has 9 heteroatoms. The highest BCUT2D eigenvalue weighted by Crippen LogP contribution is 2.34. The zero-order valence-electron chi connectivity index (χ0n) is 14.9. The number of anilines is 1. The fourth-order valence-electron chi connectivity index (χ4n) is 3.20. The van der Waals surface area contributed by atoms with Gasteiger partial charge < -0.3 is 15.5 Å².